The average molecular weight is 324 g/mol. The molecule has 0 unspecified atom stereocenters. The Hall–Kier alpha value is -2.43. The lowest BCUT2D eigenvalue weighted by atomic mass is 10.1. The van der Waals surface area contributed by atoms with E-state index in [0.717, 1.165) is 24.1 Å². The van der Waals surface area contributed by atoms with Crippen LogP contribution in [0.5, 0.6) is 0 Å². The summed E-state index contributed by atoms with van der Waals surface area (Å²) < 4.78 is 0. The fourth-order valence-electron chi connectivity index (χ4n) is 3.08. The lowest BCUT2D eigenvalue weighted by molar-refractivity contribution is 0.0928. The Kier molecular flexibility index (Phi) is 5.41. The van der Waals surface area contributed by atoms with Gasteiger partial charge in [-0.15, -0.1) is 0 Å². The van der Waals surface area contributed by atoms with Crippen molar-refractivity contribution in [2.45, 2.75) is 51.5 Å². The molecule has 1 aromatic heterocycles. The molecule has 1 amide bonds. The summed E-state index contributed by atoms with van der Waals surface area (Å²) in [6.07, 6.45) is 8.47. The minimum Gasteiger partial charge on any atom is -0.348 e. The van der Waals surface area contributed by atoms with Crippen molar-refractivity contribution >= 4 is 17.4 Å². The van der Waals surface area contributed by atoms with Crippen molar-refractivity contribution in [2.75, 3.05) is 5.32 Å². The van der Waals surface area contributed by atoms with E-state index in [1.54, 1.807) is 6.07 Å². The SMILES string of the molecule is Cc1ccccc1Nc1cc(C(=O)NC2CCCCCC2)ncn1. The number of benzene rings is 1. The van der Waals surface area contributed by atoms with E-state index in [1.807, 2.05) is 31.2 Å². The fourth-order valence-corrected chi connectivity index (χ4v) is 3.08. The van der Waals surface area contributed by atoms with Gasteiger partial charge in [-0.1, -0.05) is 43.9 Å². The van der Waals surface area contributed by atoms with Crippen molar-refractivity contribution in [3.63, 3.8) is 0 Å². The highest BCUT2D eigenvalue weighted by atomic mass is 16.1. The van der Waals surface area contributed by atoms with E-state index in [2.05, 4.69) is 20.6 Å². The summed E-state index contributed by atoms with van der Waals surface area (Å²) >= 11 is 0. The van der Waals surface area contributed by atoms with Gasteiger partial charge in [0.2, 0.25) is 0 Å². The summed E-state index contributed by atoms with van der Waals surface area (Å²) in [6, 6.07) is 9.95. The number of anilines is 2. The van der Waals surface area contributed by atoms with Crippen LogP contribution in [0.1, 0.15) is 54.6 Å². The minimum atomic E-state index is -0.114. The monoisotopic (exact) mass is 324 g/mol. The molecule has 5 heteroatoms. The lowest BCUT2D eigenvalue weighted by Gasteiger charge is -2.16. The number of nitrogens with one attached hydrogen (secondary N) is 2. The highest BCUT2D eigenvalue weighted by Gasteiger charge is 2.17. The van der Waals surface area contributed by atoms with Gasteiger partial charge in [-0.25, -0.2) is 9.97 Å². The molecule has 0 spiro atoms. The first-order chi connectivity index (χ1) is 11.7. The Labute approximate surface area is 142 Å². The minimum absolute atomic E-state index is 0.114. The second kappa shape index (κ2) is 7.90. The molecule has 0 bridgehead atoms. The van der Waals surface area contributed by atoms with Crippen LogP contribution in [0.3, 0.4) is 0 Å². The van der Waals surface area contributed by atoms with Crippen LogP contribution in [0.2, 0.25) is 0 Å². The normalized spacial score (nSPS) is 15.5. The maximum Gasteiger partial charge on any atom is 0.270 e. The van der Waals surface area contributed by atoms with Gasteiger partial charge in [-0.2, -0.15) is 0 Å². The van der Waals surface area contributed by atoms with Gasteiger partial charge < -0.3 is 10.6 Å². The summed E-state index contributed by atoms with van der Waals surface area (Å²) in [5.74, 6) is 0.516. The second-order valence-electron chi connectivity index (χ2n) is 6.39. The third kappa shape index (κ3) is 4.31. The predicted molar refractivity (Wildman–Crippen MR) is 95.4 cm³/mol. The molecule has 2 N–H and O–H groups in total. The van der Waals surface area contributed by atoms with Gasteiger partial charge >= 0.3 is 0 Å². The maximum atomic E-state index is 12.5. The van der Waals surface area contributed by atoms with Crippen molar-refractivity contribution in [3.05, 3.63) is 47.9 Å². The fraction of sp³-hybridized carbons (Fsp3) is 0.421. The van der Waals surface area contributed by atoms with E-state index in [1.165, 1.54) is 32.0 Å². The van der Waals surface area contributed by atoms with Gasteiger partial charge in [0.25, 0.3) is 5.91 Å². The van der Waals surface area contributed by atoms with Crippen LogP contribution in [0.4, 0.5) is 11.5 Å². The van der Waals surface area contributed by atoms with Crippen molar-refractivity contribution in [3.8, 4) is 0 Å². The van der Waals surface area contributed by atoms with Crippen molar-refractivity contribution < 1.29 is 4.79 Å². The van der Waals surface area contributed by atoms with Crippen LogP contribution in [0.25, 0.3) is 0 Å². The van der Waals surface area contributed by atoms with Crippen LogP contribution in [0.15, 0.2) is 36.7 Å². The molecular weight excluding hydrogens is 300 g/mol. The number of carbonyl (C=O) groups excluding carboxylic acids is 1. The topological polar surface area (TPSA) is 66.9 Å². The number of hydrogen-bond acceptors (Lipinski definition) is 4. The Morgan fingerprint density at radius 3 is 2.58 bits per heavy atom. The van der Waals surface area contributed by atoms with Crippen LogP contribution < -0.4 is 10.6 Å². The van der Waals surface area contributed by atoms with Crippen LogP contribution in [-0.2, 0) is 0 Å². The van der Waals surface area contributed by atoms with E-state index in [9.17, 15) is 4.79 Å². The number of nitrogens with zero attached hydrogens (tertiary/aromatic N) is 2. The molecule has 126 valence electrons. The summed E-state index contributed by atoms with van der Waals surface area (Å²) in [6.45, 7) is 2.03. The Morgan fingerprint density at radius 2 is 1.83 bits per heavy atom. The highest BCUT2D eigenvalue weighted by Crippen LogP contribution is 2.20. The van der Waals surface area contributed by atoms with Crippen molar-refractivity contribution in [1.29, 1.82) is 0 Å². The number of carbonyl (C=O) groups is 1. The lowest BCUT2D eigenvalue weighted by Crippen LogP contribution is -2.34. The van der Waals surface area contributed by atoms with Crippen LogP contribution in [-0.4, -0.2) is 21.9 Å². The smallest absolute Gasteiger partial charge is 0.270 e. The predicted octanol–water partition coefficient (Wildman–Crippen LogP) is 3.98. The number of para-hydroxylation sites is 1. The van der Waals surface area contributed by atoms with Crippen LogP contribution >= 0.6 is 0 Å². The zero-order valence-electron chi connectivity index (χ0n) is 14.1. The summed E-state index contributed by atoms with van der Waals surface area (Å²) in [5, 5.41) is 6.37. The molecule has 0 atom stereocenters. The number of rotatable bonds is 4. The van der Waals surface area contributed by atoms with E-state index >= 15 is 0 Å². The van der Waals surface area contributed by atoms with Gasteiger partial charge in [-0.05, 0) is 31.4 Å². The number of aryl methyl sites for hydroxylation is 1. The third-order valence-corrected chi connectivity index (χ3v) is 4.50. The quantitative estimate of drug-likeness (QED) is 0.835. The molecule has 0 aliphatic heterocycles. The first-order valence-corrected chi connectivity index (χ1v) is 8.68. The van der Waals surface area contributed by atoms with Gasteiger partial charge in [0.15, 0.2) is 0 Å². The van der Waals surface area contributed by atoms with E-state index in [0.29, 0.717) is 11.5 Å². The van der Waals surface area contributed by atoms with Gasteiger partial charge in [0.1, 0.15) is 17.8 Å². The zero-order chi connectivity index (χ0) is 16.8. The van der Waals surface area contributed by atoms with Crippen LogP contribution in [0, 0.1) is 6.92 Å². The molecule has 1 aliphatic rings. The Bertz CT molecular complexity index is 693. The third-order valence-electron chi connectivity index (χ3n) is 4.50. The molecule has 1 heterocycles. The molecule has 1 aromatic carbocycles. The molecule has 1 saturated carbocycles. The van der Waals surface area contributed by atoms with Gasteiger partial charge in [0.05, 0.1) is 0 Å². The van der Waals surface area contributed by atoms with E-state index in [4.69, 9.17) is 0 Å². The molecule has 0 radical (unpaired) electrons. The molecule has 0 saturated heterocycles. The molecule has 3 rings (SSSR count). The average Bonchev–Trinajstić information content (AvgIpc) is 2.86. The molecule has 1 aliphatic carbocycles. The van der Waals surface area contributed by atoms with E-state index < -0.39 is 0 Å². The molecule has 5 nitrogen and oxygen atoms in total. The summed E-state index contributed by atoms with van der Waals surface area (Å²) in [4.78, 5) is 20.8. The molecule has 24 heavy (non-hydrogen) atoms. The van der Waals surface area contributed by atoms with Gasteiger partial charge in [0, 0.05) is 17.8 Å². The first-order valence-electron chi connectivity index (χ1n) is 8.68. The zero-order valence-corrected chi connectivity index (χ0v) is 14.1. The Balaban J connectivity index is 1.68. The van der Waals surface area contributed by atoms with Crippen molar-refractivity contribution in [2.24, 2.45) is 0 Å². The first kappa shape index (κ1) is 16.4. The number of aromatic nitrogens is 2. The highest BCUT2D eigenvalue weighted by molar-refractivity contribution is 5.93. The van der Waals surface area contributed by atoms with Crippen molar-refractivity contribution in [1.82, 2.24) is 15.3 Å². The molecular formula is C19H24N4O. The Morgan fingerprint density at radius 1 is 1.08 bits per heavy atom. The standard InChI is InChI=1S/C19H24N4O/c1-14-8-6-7-11-16(14)23-18-12-17(20-13-21-18)19(24)22-15-9-4-2-3-5-10-15/h6-8,11-13,15H,2-5,9-10H2,1H3,(H,22,24)(H,20,21,23). The number of hydrogen-bond donors (Lipinski definition) is 2. The largest absolute Gasteiger partial charge is 0.348 e. The second-order valence-corrected chi connectivity index (χ2v) is 6.39. The molecule has 1 fully saturated rings. The van der Waals surface area contributed by atoms with E-state index in [-0.39, 0.29) is 11.9 Å². The molecule has 2 aromatic rings. The summed E-state index contributed by atoms with van der Waals surface area (Å²) in [5.41, 5.74) is 2.51. The number of amides is 1. The van der Waals surface area contributed by atoms with Gasteiger partial charge in [-0.3, -0.25) is 4.79 Å². The summed E-state index contributed by atoms with van der Waals surface area (Å²) in [7, 11) is 0. The maximum absolute atomic E-state index is 12.5.